The monoisotopic (exact) mass is 635 g/mol. The van der Waals surface area contributed by atoms with E-state index < -0.39 is 11.7 Å². The van der Waals surface area contributed by atoms with E-state index in [9.17, 15) is 14.7 Å². The highest BCUT2D eigenvalue weighted by Gasteiger charge is 2.44. The molecule has 10 heteroatoms. The lowest BCUT2D eigenvalue weighted by Crippen LogP contribution is -2.49. The molecule has 3 aromatic rings. The quantitative estimate of drug-likeness (QED) is 0.233. The lowest BCUT2D eigenvalue weighted by Gasteiger charge is -2.44. The molecule has 2 aromatic carbocycles. The van der Waals surface area contributed by atoms with Crippen LogP contribution in [0.15, 0.2) is 42.5 Å². The molecule has 1 aliphatic carbocycles. The first-order valence-electron chi connectivity index (χ1n) is 16.2. The Kier molecular flexibility index (Phi) is 10.6. The van der Waals surface area contributed by atoms with Crippen LogP contribution in [-0.2, 0) is 15.1 Å². The van der Waals surface area contributed by atoms with Gasteiger partial charge in [0.1, 0.15) is 0 Å². The highest BCUT2D eigenvalue weighted by atomic mass is 35.5. The number of fused-ring (bicyclic) bond motifs is 1. The maximum Gasteiger partial charge on any atom is 0.406 e. The molecule has 9 nitrogen and oxygen atoms in total. The Balaban J connectivity index is 1.55. The summed E-state index contributed by atoms with van der Waals surface area (Å²) in [6.07, 6.45) is 4.57. The second-order valence-electron chi connectivity index (χ2n) is 12.8. The molecule has 5 rings (SSSR count). The van der Waals surface area contributed by atoms with Crippen LogP contribution in [0.2, 0.25) is 5.02 Å². The van der Waals surface area contributed by atoms with Gasteiger partial charge in [-0.3, -0.25) is 4.79 Å². The molecule has 1 saturated carbocycles. The highest BCUT2D eigenvalue weighted by molar-refractivity contribution is 6.33. The summed E-state index contributed by atoms with van der Waals surface area (Å²) in [5.41, 5.74) is 1.61. The Bertz CT molecular complexity index is 1520. The fraction of sp³-hybridized carbons (Fsp3) is 0.543. The zero-order valence-corrected chi connectivity index (χ0v) is 27.6. The summed E-state index contributed by atoms with van der Waals surface area (Å²) in [5.74, 6) is 0.537. The van der Waals surface area contributed by atoms with Gasteiger partial charge in [0.15, 0.2) is 5.82 Å². The van der Waals surface area contributed by atoms with Crippen LogP contribution in [0.4, 0.5) is 4.79 Å². The number of rotatable bonds is 10. The molecule has 2 amide bonds. The number of methoxy groups -OCH3 is 1. The van der Waals surface area contributed by atoms with E-state index in [0.29, 0.717) is 60.5 Å². The topological polar surface area (TPSA) is 117 Å². The zero-order chi connectivity index (χ0) is 32.1. The van der Waals surface area contributed by atoms with Gasteiger partial charge in [0.25, 0.3) is 0 Å². The molecule has 0 radical (unpaired) electrons. The van der Waals surface area contributed by atoms with Gasteiger partial charge in [-0.15, -0.1) is 0 Å². The third-order valence-electron chi connectivity index (χ3n) is 9.67. The van der Waals surface area contributed by atoms with Crippen molar-refractivity contribution in [2.45, 2.75) is 76.4 Å². The number of aliphatic hydroxyl groups is 1. The third-order valence-corrected chi connectivity index (χ3v) is 9.99. The molecule has 4 atom stereocenters. The van der Waals surface area contributed by atoms with Crippen molar-refractivity contribution in [2.24, 2.45) is 11.8 Å². The molecule has 0 bridgehead atoms. The van der Waals surface area contributed by atoms with Crippen molar-refractivity contribution in [3.63, 3.8) is 0 Å². The standard InChI is InChI=1S/C35H46ClN5O4/c1-22(2)31-26-11-5-6-14-29(26)39-32(40-31)30-27(12-7-13-28(30)36)35(44,17-9-18-38-34(43)45-4)24-10-8-19-41(21-24)33(42)23-15-16-25(20-23)37-3/h5-7,11-14,22-25,37,44H,8-10,15-21H2,1-4H3,(H,38,43)/t23-,24?,25-,35+/m1/s1. The Hall–Kier alpha value is -3.27. The van der Waals surface area contributed by atoms with Gasteiger partial charge in [0.05, 0.1) is 28.9 Å². The maximum atomic E-state index is 13.7. The smallest absolute Gasteiger partial charge is 0.406 e. The van der Waals surface area contributed by atoms with Gasteiger partial charge in [-0.1, -0.05) is 55.8 Å². The molecule has 242 valence electrons. The number of ether oxygens (including phenoxy) is 1. The minimum atomic E-state index is -1.37. The van der Waals surface area contributed by atoms with E-state index in [0.717, 1.165) is 48.7 Å². The van der Waals surface area contributed by atoms with E-state index in [-0.39, 0.29) is 23.7 Å². The number of likely N-dealkylation sites (tertiary alicyclic amines) is 1. The average molecular weight is 636 g/mol. The number of halogens is 1. The first-order valence-corrected chi connectivity index (χ1v) is 16.6. The van der Waals surface area contributed by atoms with Crippen molar-refractivity contribution in [3.8, 4) is 11.4 Å². The number of benzene rings is 2. The van der Waals surface area contributed by atoms with Crippen molar-refractivity contribution < 1.29 is 19.4 Å². The molecule has 1 unspecified atom stereocenters. The van der Waals surface area contributed by atoms with Crippen LogP contribution in [0, 0.1) is 11.8 Å². The number of hydrogen-bond acceptors (Lipinski definition) is 7. The van der Waals surface area contributed by atoms with Crippen LogP contribution in [-0.4, -0.2) is 71.8 Å². The van der Waals surface area contributed by atoms with Gasteiger partial charge in [0.2, 0.25) is 5.91 Å². The molecule has 1 saturated heterocycles. The minimum Gasteiger partial charge on any atom is -0.453 e. The molecule has 0 spiro atoms. The van der Waals surface area contributed by atoms with E-state index in [2.05, 4.69) is 24.5 Å². The zero-order valence-electron chi connectivity index (χ0n) is 26.8. The second kappa shape index (κ2) is 14.4. The SMILES string of the molecule is CN[C@@H]1CC[C@@H](C(=O)N2CCCC([C@@](O)(CCCNC(=O)OC)c3cccc(Cl)c3-c3nc(C(C)C)c4ccccc4n3)C2)C1. The molecule has 45 heavy (non-hydrogen) atoms. The maximum absolute atomic E-state index is 13.7. The van der Waals surface area contributed by atoms with E-state index in [1.807, 2.05) is 54.4 Å². The fourth-order valence-electron chi connectivity index (χ4n) is 7.24. The number of para-hydroxylation sites is 1. The number of nitrogens with zero attached hydrogens (tertiary/aromatic N) is 3. The van der Waals surface area contributed by atoms with Gasteiger partial charge >= 0.3 is 6.09 Å². The van der Waals surface area contributed by atoms with Crippen molar-refractivity contribution in [1.29, 1.82) is 0 Å². The molecular formula is C35H46ClN5O4. The summed E-state index contributed by atoms with van der Waals surface area (Å²) in [7, 11) is 3.28. The van der Waals surface area contributed by atoms with Gasteiger partial charge in [0, 0.05) is 48.5 Å². The van der Waals surface area contributed by atoms with Crippen molar-refractivity contribution in [2.75, 3.05) is 33.8 Å². The number of carbonyl (C=O) groups excluding carboxylic acids is 2. The van der Waals surface area contributed by atoms with Gasteiger partial charge < -0.3 is 25.4 Å². The first kappa shape index (κ1) is 33.1. The molecular weight excluding hydrogens is 590 g/mol. The largest absolute Gasteiger partial charge is 0.453 e. The van der Waals surface area contributed by atoms with Crippen molar-refractivity contribution in [1.82, 2.24) is 25.5 Å². The van der Waals surface area contributed by atoms with Crippen LogP contribution in [0.5, 0.6) is 0 Å². The summed E-state index contributed by atoms with van der Waals surface area (Å²) < 4.78 is 4.75. The lowest BCUT2D eigenvalue weighted by molar-refractivity contribution is -0.140. The van der Waals surface area contributed by atoms with Crippen LogP contribution < -0.4 is 10.6 Å². The number of nitrogens with one attached hydrogen (secondary N) is 2. The van der Waals surface area contributed by atoms with Gasteiger partial charge in [-0.25, -0.2) is 14.8 Å². The van der Waals surface area contributed by atoms with Crippen LogP contribution in [0.1, 0.15) is 76.0 Å². The van der Waals surface area contributed by atoms with Crippen LogP contribution in [0.3, 0.4) is 0 Å². The van der Waals surface area contributed by atoms with E-state index >= 15 is 0 Å². The van der Waals surface area contributed by atoms with Gasteiger partial charge in [-0.2, -0.15) is 0 Å². The molecule has 3 N–H and O–H groups in total. The molecule has 1 aromatic heterocycles. The number of carbonyl (C=O) groups is 2. The first-order chi connectivity index (χ1) is 21.7. The molecule has 2 aliphatic rings. The Morgan fingerprint density at radius 1 is 1.13 bits per heavy atom. The van der Waals surface area contributed by atoms with E-state index in [1.165, 1.54) is 7.11 Å². The predicted molar refractivity (Wildman–Crippen MR) is 177 cm³/mol. The predicted octanol–water partition coefficient (Wildman–Crippen LogP) is 6.02. The normalized spacial score (nSPS) is 21.6. The Labute approximate surface area is 271 Å². The number of amides is 2. The second-order valence-corrected chi connectivity index (χ2v) is 13.2. The summed E-state index contributed by atoms with van der Waals surface area (Å²) >= 11 is 6.97. The summed E-state index contributed by atoms with van der Waals surface area (Å²) in [6.45, 7) is 5.67. The third kappa shape index (κ3) is 7.11. The Morgan fingerprint density at radius 2 is 1.93 bits per heavy atom. The molecule has 1 aliphatic heterocycles. The van der Waals surface area contributed by atoms with Crippen LogP contribution in [0.25, 0.3) is 22.3 Å². The van der Waals surface area contributed by atoms with E-state index in [1.54, 1.807) is 0 Å². The van der Waals surface area contributed by atoms with Crippen molar-refractivity contribution >= 4 is 34.5 Å². The Morgan fingerprint density at radius 3 is 2.67 bits per heavy atom. The number of alkyl carbamates (subject to hydrolysis) is 1. The average Bonchev–Trinajstić information content (AvgIpc) is 3.55. The van der Waals surface area contributed by atoms with Crippen molar-refractivity contribution in [3.05, 3.63) is 58.7 Å². The number of hydrogen-bond donors (Lipinski definition) is 3. The molecule has 2 fully saturated rings. The number of aromatic nitrogens is 2. The fourth-order valence-corrected chi connectivity index (χ4v) is 7.50. The van der Waals surface area contributed by atoms with Gasteiger partial charge in [-0.05, 0) is 75.6 Å². The summed E-state index contributed by atoms with van der Waals surface area (Å²) in [6, 6.07) is 13.9. The summed E-state index contributed by atoms with van der Waals surface area (Å²) in [4.78, 5) is 37.5. The number of piperidine rings is 1. The summed E-state index contributed by atoms with van der Waals surface area (Å²) in [5, 5.41) is 20.4. The molecule has 2 heterocycles. The van der Waals surface area contributed by atoms with Crippen LogP contribution >= 0.6 is 11.6 Å². The minimum absolute atomic E-state index is 0.000680. The van der Waals surface area contributed by atoms with E-state index in [4.69, 9.17) is 26.3 Å². The highest BCUT2D eigenvalue weighted by Crippen LogP contribution is 2.45. The lowest BCUT2D eigenvalue weighted by atomic mass is 9.72.